The van der Waals surface area contributed by atoms with Crippen molar-refractivity contribution in [2.75, 3.05) is 6.67 Å². The number of alkyl halides is 13. The molecule has 0 aromatic heterocycles. The Bertz CT molecular complexity index is 567. The molecule has 0 atom stereocenters. The van der Waals surface area contributed by atoms with Crippen LogP contribution < -0.4 is 0 Å². The van der Waals surface area contributed by atoms with Gasteiger partial charge < -0.3 is 13.3 Å². The molecule has 0 saturated heterocycles. The number of hydrogen-bond donors (Lipinski definition) is 0. The second-order valence-corrected chi connectivity index (χ2v) is 10.5. The lowest BCUT2D eigenvalue weighted by Crippen LogP contribution is -2.62. The van der Waals surface area contributed by atoms with Crippen molar-refractivity contribution >= 4 is 8.80 Å². The predicted octanol–water partition coefficient (Wildman–Crippen LogP) is 9.79. The summed E-state index contributed by atoms with van der Waals surface area (Å²) < 4.78 is 176. The highest BCUT2D eigenvalue weighted by molar-refractivity contribution is 6.61. The van der Waals surface area contributed by atoms with E-state index in [4.69, 9.17) is 0 Å². The molecule has 0 heterocycles. The quantitative estimate of drug-likeness (QED) is 0.0951. The number of rotatable bonds is 17. The van der Waals surface area contributed by atoms with Gasteiger partial charge in [0, 0.05) is 6.04 Å². The Balaban J connectivity index is 0. The second-order valence-electron chi connectivity index (χ2n) is 8.01. The van der Waals surface area contributed by atoms with Crippen molar-refractivity contribution in [3.63, 3.8) is 0 Å². The summed E-state index contributed by atoms with van der Waals surface area (Å²) in [5, 5.41) is 0. The van der Waals surface area contributed by atoms with Gasteiger partial charge in [-0.1, -0.05) is 78.6 Å². The van der Waals surface area contributed by atoms with Crippen molar-refractivity contribution in [1.29, 1.82) is 0 Å². The van der Waals surface area contributed by atoms with Crippen molar-refractivity contribution in [3.05, 3.63) is 0 Å². The minimum absolute atomic E-state index is 0.179. The van der Waals surface area contributed by atoms with Crippen LogP contribution in [0.1, 0.15) is 85.0 Å². The van der Waals surface area contributed by atoms with E-state index in [1.165, 1.54) is 25.7 Å². The van der Waals surface area contributed by atoms with Crippen LogP contribution in [0.4, 0.5) is 57.1 Å². The molecule has 0 saturated carbocycles. The molecule has 0 spiro atoms. The smallest absolute Gasteiger partial charge is 0.311 e. The molecule has 3 nitrogen and oxygen atoms in total. The average molecular weight is 597 g/mol. The van der Waals surface area contributed by atoms with E-state index < -0.39 is 58.6 Å². The number of halogens is 13. The van der Waals surface area contributed by atoms with E-state index in [9.17, 15) is 57.1 Å². The maximum absolute atomic E-state index is 13.3. The van der Waals surface area contributed by atoms with E-state index in [2.05, 4.69) is 27.1 Å². The summed E-state index contributed by atoms with van der Waals surface area (Å²) in [5.41, 5.74) is 0. The molecule has 0 bridgehead atoms. The summed E-state index contributed by atoms with van der Waals surface area (Å²) in [6, 6.07) is -1.73. The SMILES string of the molecule is CCCCCC.CCCCCCCC[Si](OC(F)(F)CF)(OC(F)(F)C(F)(F)F)OC(F)(F)C(F)(F)F. The third-order valence-corrected chi connectivity index (χ3v) is 7.19. The molecule has 0 radical (unpaired) electrons. The zero-order valence-corrected chi connectivity index (χ0v) is 21.6. The first-order chi connectivity index (χ1) is 16.7. The topological polar surface area (TPSA) is 27.7 Å². The Morgan fingerprint density at radius 1 is 0.486 bits per heavy atom. The molecule has 0 aliphatic carbocycles. The van der Waals surface area contributed by atoms with Crippen LogP contribution in [0.3, 0.4) is 0 Å². The molecule has 0 aromatic rings. The predicted molar refractivity (Wildman–Crippen MR) is 110 cm³/mol. The molecule has 0 amide bonds. The van der Waals surface area contributed by atoms with Crippen LogP contribution in [0.15, 0.2) is 0 Å². The first-order valence-corrected chi connectivity index (χ1v) is 13.5. The lowest BCUT2D eigenvalue weighted by atomic mass is 10.1. The van der Waals surface area contributed by atoms with Crippen LogP contribution in [-0.2, 0) is 13.3 Å². The minimum Gasteiger partial charge on any atom is -0.311 e. The van der Waals surface area contributed by atoms with E-state index >= 15 is 0 Å². The van der Waals surface area contributed by atoms with E-state index in [0.29, 0.717) is 19.3 Å². The van der Waals surface area contributed by atoms with E-state index in [-0.39, 0.29) is 12.8 Å². The molecule has 0 fully saturated rings. The summed E-state index contributed by atoms with van der Waals surface area (Å²) in [4.78, 5) is 0. The van der Waals surface area contributed by atoms with Gasteiger partial charge in [0.15, 0.2) is 6.67 Å². The van der Waals surface area contributed by atoms with Crippen LogP contribution in [-0.4, -0.2) is 46.2 Å². The van der Waals surface area contributed by atoms with Crippen molar-refractivity contribution in [1.82, 2.24) is 0 Å². The number of hydrogen-bond acceptors (Lipinski definition) is 3. The Hall–Kier alpha value is -0.813. The van der Waals surface area contributed by atoms with E-state index in [1.807, 2.05) is 0 Å². The molecule has 37 heavy (non-hydrogen) atoms. The van der Waals surface area contributed by atoms with Gasteiger partial charge in [0.05, 0.1) is 0 Å². The van der Waals surface area contributed by atoms with Gasteiger partial charge in [0.1, 0.15) is 0 Å². The molecular formula is C20H33F13O3Si. The molecule has 0 aliphatic heterocycles. The molecule has 0 aromatic carbocycles. The van der Waals surface area contributed by atoms with E-state index in [0.717, 1.165) is 0 Å². The van der Waals surface area contributed by atoms with Gasteiger partial charge in [0.25, 0.3) is 0 Å². The largest absolute Gasteiger partial charge is 0.514 e. The maximum atomic E-state index is 13.3. The van der Waals surface area contributed by atoms with Gasteiger partial charge in [-0.3, -0.25) is 0 Å². The summed E-state index contributed by atoms with van der Waals surface area (Å²) >= 11 is 0. The Morgan fingerprint density at radius 2 is 0.811 bits per heavy atom. The van der Waals surface area contributed by atoms with Gasteiger partial charge in [-0.05, 0) is 6.42 Å². The van der Waals surface area contributed by atoms with Crippen molar-refractivity contribution < 1.29 is 70.4 Å². The molecule has 0 unspecified atom stereocenters. The first kappa shape index (κ1) is 38.3. The van der Waals surface area contributed by atoms with Gasteiger partial charge in [-0.25, -0.2) is 4.39 Å². The van der Waals surface area contributed by atoms with Crippen LogP contribution in [0.2, 0.25) is 6.04 Å². The maximum Gasteiger partial charge on any atom is 0.514 e. The summed E-state index contributed by atoms with van der Waals surface area (Å²) in [6.45, 7) is 3.27. The summed E-state index contributed by atoms with van der Waals surface area (Å²) in [7, 11) is -6.94. The minimum atomic E-state index is -6.94. The van der Waals surface area contributed by atoms with Crippen LogP contribution in [0.5, 0.6) is 0 Å². The zero-order chi connectivity index (χ0) is 29.6. The summed E-state index contributed by atoms with van der Waals surface area (Å²) in [5.74, 6) is 0. The monoisotopic (exact) mass is 596 g/mol. The molecule has 0 rings (SSSR count). The van der Waals surface area contributed by atoms with Crippen molar-refractivity contribution in [2.24, 2.45) is 0 Å². The lowest BCUT2D eigenvalue weighted by Gasteiger charge is -2.37. The van der Waals surface area contributed by atoms with Crippen LogP contribution in [0.25, 0.3) is 0 Å². The van der Waals surface area contributed by atoms with Crippen molar-refractivity contribution in [2.45, 2.75) is 122 Å². The highest BCUT2D eigenvalue weighted by atomic mass is 28.4. The lowest BCUT2D eigenvalue weighted by molar-refractivity contribution is -0.405. The number of unbranched alkanes of at least 4 members (excludes halogenated alkanes) is 8. The highest BCUT2D eigenvalue weighted by Crippen LogP contribution is 2.46. The standard InChI is InChI=1S/C14H19F13O3Si.C6H14/c1-2-3-4-5-6-7-8-31(28-10(16,17)9-15,29-13(24,25)11(18,19)20)30-14(26,27)12(21,22)23;1-3-5-6-4-2/h2-9H2,1H3;3-6H2,1-2H3. The normalized spacial score (nSPS) is 13.9. The second kappa shape index (κ2) is 16.3. The highest BCUT2D eigenvalue weighted by Gasteiger charge is 2.71. The first-order valence-electron chi connectivity index (χ1n) is 11.6. The molecular weight excluding hydrogens is 563 g/mol. The fraction of sp³-hybridized carbons (Fsp3) is 1.00. The fourth-order valence-electron chi connectivity index (χ4n) is 2.60. The zero-order valence-electron chi connectivity index (χ0n) is 20.6. The third kappa shape index (κ3) is 15.4. The van der Waals surface area contributed by atoms with Crippen molar-refractivity contribution in [3.8, 4) is 0 Å². The van der Waals surface area contributed by atoms with Crippen LogP contribution >= 0.6 is 0 Å². The molecule has 0 aliphatic rings. The Labute approximate surface area is 208 Å². The fourth-order valence-corrected chi connectivity index (χ4v) is 5.23. The third-order valence-electron chi connectivity index (χ3n) is 4.48. The van der Waals surface area contributed by atoms with Crippen LogP contribution in [0, 0.1) is 0 Å². The molecule has 17 heteroatoms. The van der Waals surface area contributed by atoms with Gasteiger partial charge >= 0.3 is 39.5 Å². The Kier molecular flexibility index (Phi) is 16.9. The Morgan fingerprint density at radius 3 is 1.14 bits per heavy atom. The summed E-state index contributed by atoms with van der Waals surface area (Å²) in [6.07, 6.45) is -25.3. The molecule has 0 N–H and O–H groups in total. The van der Waals surface area contributed by atoms with E-state index in [1.54, 1.807) is 6.92 Å². The van der Waals surface area contributed by atoms with Gasteiger partial charge in [-0.15, -0.1) is 0 Å². The average Bonchev–Trinajstić information content (AvgIpc) is 2.72. The molecule has 226 valence electrons. The van der Waals surface area contributed by atoms with Gasteiger partial charge in [-0.2, -0.15) is 52.7 Å². The van der Waals surface area contributed by atoms with Gasteiger partial charge in [0.2, 0.25) is 0 Å².